The SMILES string of the molecule is COc1ccc(NCc2ccc(O)c(Cl)c2)cc1F. The molecule has 0 aliphatic heterocycles. The summed E-state index contributed by atoms with van der Waals surface area (Å²) in [5.74, 6) is -0.171. The van der Waals surface area contributed by atoms with Gasteiger partial charge in [-0.25, -0.2) is 4.39 Å². The van der Waals surface area contributed by atoms with Crippen molar-refractivity contribution in [1.82, 2.24) is 0 Å². The van der Waals surface area contributed by atoms with Crippen molar-refractivity contribution in [2.45, 2.75) is 6.54 Å². The second kappa shape index (κ2) is 5.80. The minimum Gasteiger partial charge on any atom is -0.506 e. The van der Waals surface area contributed by atoms with Gasteiger partial charge in [-0.05, 0) is 29.8 Å². The van der Waals surface area contributed by atoms with Crippen molar-refractivity contribution in [3.05, 3.63) is 52.8 Å². The standard InChI is InChI=1S/C14H13ClFNO2/c1-19-14-5-3-10(7-12(14)16)17-8-9-2-4-13(18)11(15)6-9/h2-7,17-18H,8H2,1H3. The lowest BCUT2D eigenvalue weighted by molar-refractivity contribution is 0.386. The van der Waals surface area contributed by atoms with E-state index < -0.39 is 5.82 Å². The van der Waals surface area contributed by atoms with Crippen LogP contribution in [-0.2, 0) is 6.54 Å². The van der Waals surface area contributed by atoms with Gasteiger partial charge in [-0.15, -0.1) is 0 Å². The molecule has 0 spiro atoms. The summed E-state index contributed by atoms with van der Waals surface area (Å²) in [4.78, 5) is 0. The van der Waals surface area contributed by atoms with Crippen LogP contribution in [0.25, 0.3) is 0 Å². The van der Waals surface area contributed by atoms with E-state index in [-0.39, 0.29) is 11.5 Å². The second-order valence-electron chi connectivity index (χ2n) is 3.99. The maximum absolute atomic E-state index is 13.5. The molecule has 2 aromatic carbocycles. The van der Waals surface area contributed by atoms with E-state index in [9.17, 15) is 9.50 Å². The number of rotatable bonds is 4. The molecule has 0 aliphatic carbocycles. The van der Waals surface area contributed by atoms with E-state index in [0.29, 0.717) is 17.3 Å². The smallest absolute Gasteiger partial charge is 0.167 e. The van der Waals surface area contributed by atoms with Crippen molar-refractivity contribution in [3.8, 4) is 11.5 Å². The van der Waals surface area contributed by atoms with Crippen molar-refractivity contribution in [3.63, 3.8) is 0 Å². The molecule has 0 bridgehead atoms. The minimum atomic E-state index is -0.420. The van der Waals surface area contributed by atoms with Gasteiger partial charge in [-0.1, -0.05) is 17.7 Å². The highest BCUT2D eigenvalue weighted by Crippen LogP contribution is 2.25. The molecule has 0 saturated heterocycles. The molecule has 2 rings (SSSR count). The van der Waals surface area contributed by atoms with Gasteiger partial charge in [-0.3, -0.25) is 0 Å². The highest BCUT2D eigenvalue weighted by molar-refractivity contribution is 6.32. The van der Waals surface area contributed by atoms with Gasteiger partial charge in [0.15, 0.2) is 11.6 Å². The number of halogens is 2. The van der Waals surface area contributed by atoms with Crippen LogP contribution in [0.4, 0.5) is 10.1 Å². The van der Waals surface area contributed by atoms with Crippen LogP contribution in [-0.4, -0.2) is 12.2 Å². The average Bonchev–Trinajstić information content (AvgIpc) is 2.40. The Bertz CT molecular complexity index is 590. The highest BCUT2D eigenvalue weighted by Gasteiger charge is 2.04. The third-order valence-electron chi connectivity index (χ3n) is 2.66. The minimum absolute atomic E-state index is 0.0425. The summed E-state index contributed by atoms with van der Waals surface area (Å²) in [5.41, 5.74) is 1.53. The summed E-state index contributed by atoms with van der Waals surface area (Å²) in [5, 5.41) is 12.7. The molecular weight excluding hydrogens is 269 g/mol. The highest BCUT2D eigenvalue weighted by atomic mass is 35.5. The Balaban J connectivity index is 2.05. The second-order valence-corrected chi connectivity index (χ2v) is 4.40. The summed E-state index contributed by atoms with van der Waals surface area (Å²) in [7, 11) is 1.42. The van der Waals surface area contributed by atoms with Crippen molar-refractivity contribution in [1.29, 1.82) is 0 Å². The molecule has 2 aromatic rings. The predicted molar refractivity (Wildman–Crippen MR) is 73.4 cm³/mol. The Morgan fingerprint density at radius 1 is 1.26 bits per heavy atom. The largest absolute Gasteiger partial charge is 0.506 e. The van der Waals surface area contributed by atoms with Gasteiger partial charge in [0.05, 0.1) is 12.1 Å². The molecule has 3 nitrogen and oxygen atoms in total. The lowest BCUT2D eigenvalue weighted by Gasteiger charge is -2.09. The Morgan fingerprint density at radius 3 is 2.68 bits per heavy atom. The van der Waals surface area contributed by atoms with Crippen molar-refractivity contribution in [2.24, 2.45) is 0 Å². The fourth-order valence-electron chi connectivity index (χ4n) is 1.64. The lowest BCUT2D eigenvalue weighted by Crippen LogP contribution is -2.00. The van der Waals surface area contributed by atoms with Crippen LogP contribution < -0.4 is 10.1 Å². The molecule has 0 amide bonds. The van der Waals surface area contributed by atoms with Crippen LogP contribution in [0.1, 0.15) is 5.56 Å². The summed E-state index contributed by atoms with van der Waals surface area (Å²) >= 11 is 5.81. The van der Waals surface area contributed by atoms with Crippen LogP contribution in [0.3, 0.4) is 0 Å². The first-order chi connectivity index (χ1) is 9.10. The van der Waals surface area contributed by atoms with Crippen LogP contribution in [0.15, 0.2) is 36.4 Å². The maximum atomic E-state index is 13.5. The van der Waals surface area contributed by atoms with E-state index in [1.165, 1.54) is 19.2 Å². The van der Waals surface area contributed by atoms with Crippen LogP contribution in [0.2, 0.25) is 5.02 Å². The predicted octanol–water partition coefficient (Wildman–Crippen LogP) is 3.81. The van der Waals surface area contributed by atoms with Crippen molar-refractivity contribution in [2.75, 3.05) is 12.4 Å². The molecule has 0 heterocycles. The first kappa shape index (κ1) is 13.5. The van der Waals surface area contributed by atoms with E-state index in [0.717, 1.165) is 5.56 Å². The quantitative estimate of drug-likeness (QED) is 0.895. The summed E-state index contributed by atoms with van der Waals surface area (Å²) in [6.45, 7) is 0.478. The van der Waals surface area contributed by atoms with E-state index in [1.807, 2.05) is 0 Å². The maximum Gasteiger partial charge on any atom is 0.167 e. The Hall–Kier alpha value is -1.94. The van der Waals surface area contributed by atoms with E-state index >= 15 is 0 Å². The molecule has 0 fully saturated rings. The van der Waals surface area contributed by atoms with Gasteiger partial charge >= 0.3 is 0 Å². The number of nitrogens with one attached hydrogen (secondary N) is 1. The van der Waals surface area contributed by atoms with Gasteiger partial charge in [0.2, 0.25) is 0 Å². The molecule has 100 valence electrons. The zero-order chi connectivity index (χ0) is 13.8. The zero-order valence-electron chi connectivity index (χ0n) is 10.3. The number of benzene rings is 2. The van der Waals surface area contributed by atoms with Crippen LogP contribution in [0.5, 0.6) is 11.5 Å². The number of ether oxygens (including phenoxy) is 1. The zero-order valence-corrected chi connectivity index (χ0v) is 11.0. The summed E-state index contributed by atoms with van der Waals surface area (Å²) < 4.78 is 18.3. The van der Waals surface area contributed by atoms with Crippen molar-refractivity contribution >= 4 is 17.3 Å². The number of hydrogen-bond donors (Lipinski definition) is 2. The van der Waals surface area contributed by atoms with Gasteiger partial charge in [-0.2, -0.15) is 0 Å². The number of hydrogen-bond acceptors (Lipinski definition) is 3. The van der Waals surface area contributed by atoms with Gasteiger partial charge in [0.25, 0.3) is 0 Å². The molecule has 0 saturated carbocycles. The average molecular weight is 282 g/mol. The van der Waals surface area contributed by atoms with E-state index in [1.54, 1.807) is 24.3 Å². The third-order valence-corrected chi connectivity index (χ3v) is 2.96. The van der Waals surface area contributed by atoms with E-state index in [4.69, 9.17) is 16.3 Å². The first-order valence-electron chi connectivity index (χ1n) is 5.65. The van der Waals surface area contributed by atoms with Gasteiger partial charge in [0, 0.05) is 18.3 Å². The fraction of sp³-hybridized carbons (Fsp3) is 0.143. The number of phenolic OH excluding ortho intramolecular Hbond substituents is 1. The van der Waals surface area contributed by atoms with Crippen LogP contribution >= 0.6 is 11.6 Å². The fourth-order valence-corrected chi connectivity index (χ4v) is 1.84. The molecular formula is C14H13ClFNO2. The number of aromatic hydroxyl groups is 1. The van der Waals surface area contributed by atoms with Gasteiger partial charge in [0.1, 0.15) is 5.75 Å². The van der Waals surface area contributed by atoms with Gasteiger partial charge < -0.3 is 15.2 Å². The van der Waals surface area contributed by atoms with E-state index in [2.05, 4.69) is 5.32 Å². The Kier molecular flexibility index (Phi) is 4.12. The molecule has 0 unspecified atom stereocenters. The monoisotopic (exact) mass is 281 g/mol. The lowest BCUT2D eigenvalue weighted by atomic mass is 10.2. The Morgan fingerprint density at radius 2 is 2.05 bits per heavy atom. The number of phenols is 1. The Labute approximate surface area is 115 Å². The molecule has 0 radical (unpaired) electrons. The summed E-state index contributed by atoms with van der Waals surface area (Å²) in [6, 6.07) is 9.57. The topological polar surface area (TPSA) is 41.5 Å². The third kappa shape index (κ3) is 3.29. The molecule has 0 atom stereocenters. The molecule has 5 heteroatoms. The number of methoxy groups -OCH3 is 1. The normalized spacial score (nSPS) is 10.3. The molecule has 0 aliphatic rings. The summed E-state index contributed by atoms with van der Waals surface area (Å²) in [6.07, 6.45) is 0. The molecule has 19 heavy (non-hydrogen) atoms. The first-order valence-corrected chi connectivity index (χ1v) is 6.03. The number of anilines is 1. The molecule has 2 N–H and O–H groups in total. The molecule has 0 aromatic heterocycles. The van der Waals surface area contributed by atoms with Crippen LogP contribution in [0, 0.1) is 5.82 Å². The van der Waals surface area contributed by atoms with Crippen molar-refractivity contribution < 1.29 is 14.2 Å².